The zero-order valence-electron chi connectivity index (χ0n) is 39.9. The second-order valence-corrected chi connectivity index (χ2v) is 19.0. The summed E-state index contributed by atoms with van der Waals surface area (Å²) in [6.45, 7) is 1.63. The van der Waals surface area contributed by atoms with E-state index in [1.54, 1.807) is 0 Å². The van der Waals surface area contributed by atoms with Gasteiger partial charge in [0.25, 0.3) is 0 Å². The third kappa shape index (κ3) is 8.58. The van der Waals surface area contributed by atoms with Gasteiger partial charge in [-0.2, -0.15) is 0 Å². The number of carbonyl (C=O) groups excluding carboxylic acids is 1. The molecule has 0 amide bonds. The Balaban J connectivity index is 1.08. The van der Waals surface area contributed by atoms with E-state index in [2.05, 4.69) is 176 Å². The van der Waals surface area contributed by atoms with Gasteiger partial charge in [0.05, 0.1) is 25.1 Å². The minimum Gasteiger partial charge on any atom is -0.492 e. The van der Waals surface area contributed by atoms with E-state index in [1.165, 1.54) is 23.6 Å². The molecule has 2 unspecified atom stereocenters. The molecule has 6 nitrogen and oxygen atoms in total. The Morgan fingerprint density at radius 2 is 1.04 bits per heavy atom. The molecule has 3 aliphatic rings. The molecule has 1 saturated carbocycles. The average molecular weight is 927 g/mol. The highest BCUT2D eigenvalue weighted by atomic mass is 16.7. The largest absolute Gasteiger partial charge is 0.492 e. The number of ether oxygens (including phenoxy) is 3. The van der Waals surface area contributed by atoms with Crippen LogP contribution in [0.5, 0.6) is 11.5 Å². The van der Waals surface area contributed by atoms with E-state index < -0.39 is 12.3 Å². The van der Waals surface area contributed by atoms with Crippen molar-refractivity contribution in [2.75, 3.05) is 6.61 Å². The lowest BCUT2D eigenvalue weighted by molar-refractivity contribution is -0.162. The summed E-state index contributed by atoms with van der Waals surface area (Å²) in [5.74, 6) is 0.901. The van der Waals surface area contributed by atoms with Gasteiger partial charge < -0.3 is 14.2 Å². The van der Waals surface area contributed by atoms with Gasteiger partial charge in [-0.1, -0.05) is 183 Å². The normalized spacial score (nSPS) is 17.7. The molecular formula is C65H54N2O4. The SMILES string of the molecule is CC(=O)OC1CCOc2c(cc3ccccc3c2-c2c(-c3ccccc3)ccc3c2CC=CC3)C=N[C@H]2CCCCC2N=Cc2cc3ccccc3c(-c3c(-c4ccccc4)ccc4ccccc34)c2O1. The molecule has 0 spiro atoms. The zero-order valence-corrected chi connectivity index (χ0v) is 39.9. The van der Waals surface area contributed by atoms with Gasteiger partial charge in [0, 0.05) is 47.2 Å². The van der Waals surface area contributed by atoms with Gasteiger partial charge in [-0.25, -0.2) is 0 Å². The van der Waals surface area contributed by atoms with Crippen LogP contribution in [0.25, 0.3) is 76.8 Å². The fourth-order valence-electron chi connectivity index (χ4n) is 11.2. The van der Waals surface area contributed by atoms with E-state index in [0.29, 0.717) is 5.75 Å². The molecular weight excluding hydrogens is 873 g/mol. The summed E-state index contributed by atoms with van der Waals surface area (Å²) in [4.78, 5) is 24.2. The number of carbonyl (C=O) groups is 1. The molecule has 9 aromatic carbocycles. The van der Waals surface area contributed by atoms with Crippen LogP contribution in [0.2, 0.25) is 0 Å². The Hall–Kier alpha value is -8.09. The highest BCUT2D eigenvalue weighted by Gasteiger charge is 2.30. The van der Waals surface area contributed by atoms with E-state index in [1.807, 2.05) is 18.5 Å². The second-order valence-electron chi connectivity index (χ2n) is 19.0. The van der Waals surface area contributed by atoms with Gasteiger partial charge in [0.2, 0.25) is 6.29 Å². The van der Waals surface area contributed by atoms with Crippen LogP contribution in [0.3, 0.4) is 0 Å². The van der Waals surface area contributed by atoms with Crippen molar-refractivity contribution in [3.05, 3.63) is 204 Å². The van der Waals surface area contributed by atoms with Gasteiger partial charge in [0.1, 0.15) is 11.5 Å². The van der Waals surface area contributed by atoms with Crippen molar-refractivity contribution in [1.29, 1.82) is 0 Å². The summed E-state index contributed by atoms with van der Waals surface area (Å²) < 4.78 is 20.8. The zero-order chi connectivity index (χ0) is 47.7. The smallest absolute Gasteiger partial charge is 0.305 e. The monoisotopic (exact) mass is 926 g/mol. The number of hydrogen-bond acceptors (Lipinski definition) is 6. The molecule has 0 bridgehead atoms. The van der Waals surface area contributed by atoms with Gasteiger partial charge in [0.15, 0.2) is 0 Å². The van der Waals surface area contributed by atoms with Crippen LogP contribution in [0.15, 0.2) is 192 Å². The summed E-state index contributed by atoms with van der Waals surface area (Å²) >= 11 is 0. The molecule has 71 heavy (non-hydrogen) atoms. The molecule has 2 aliphatic carbocycles. The lowest BCUT2D eigenvalue weighted by atomic mass is 9.81. The van der Waals surface area contributed by atoms with Crippen LogP contribution in [0, 0.1) is 0 Å². The van der Waals surface area contributed by atoms with Gasteiger partial charge in [-0.05, 0) is 109 Å². The quantitative estimate of drug-likeness (QED) is 0.127. The van der Waals surface area contributed by atoms with Gasteiger partial charge >= 0.3 is 5.97 Å². The number of fused-ring (bicyclic) bond motifs is 7. The second kappa shape index (κ2) is 19.4. The number of hydrogen-bond donors (Lipinski definition) is 0. The fourth-order valence-corrected chi connectivity index (χ4v) is 11.2. The van der Waals surface area contributed by atoms with Crippen LogP contribution < -0.4 is 9.47 Å². The lowest BCUT2D eigenvalue weighted by Crippen LogP contribution is -2.27. The summed E-state index contributed by atoms with van der Waals surface area (Å²) in [6.07, 6.45) is 13.5. The van der Waals surface area contributed by atoms with E-state index in [-0.39, 0.29) is 25.1 Å². The molecule has 1 heterocycles. The summed E-state index contributed by atoms with van der Waals surface area (Å²) in [5.41, 5.74) is 12.9. The first-order valence-corrected chi connectivity index (χ1v) is 25.1. The minimum atomic E-state index is -1.02. The molecule has 1 aliphatic heterocycles. The van der Waals surface area contributed by atoms with Crippen molar-refractivity contribution in [2.24, 2.45) is 9.98 Å². The van der Waals surface area contributed by atoms with Gasteiger partial charge in [-0.15, -0.1) is 0 Å². The van der Waals surface area contributed by atoms with Crippen molar-refractivity contribution >= 4 is 50.7 Å². The summed E-state index contributed by atoms with van der Waals surface area (Å²) in [5, 5.41) is 6.47. The molecule has 0 radical (unpaired) electrons. The Kier molecular flexibility index (Phi) is 12.0. The molecule has 0 N–H and O–H groups in total. The maximum Gasteiger partial charge on any atom is 0.305 e. The van der Waals surface area contributed by atoms with E-state index in [9.17, 15) is 4.79 Å². The third-order valence-corrected chi connectivity index (χ3v) is 14.5. The molecule has 12 rings (SSSR count). The van der Waals surface area contributed by atoms with Crippen LogP contribution in [-0.4, -0.2) is 43.4 Å². The van der Waals surface area contributed by atoms with E-state index in [0.717, 1.165) is 127 Å². The highest BCUT2D eigenvalue weighted by Crippen LogP contribution is 2.50. The van der Waals surface area contributed by atoms with Crippen molar-refractivity contribution in [1.82, 2.24) is 0 Å². The predicted octanol–water partition coefficient (Wildman–Crippen LogP) is 15.4. The lowest BCUT2D eigenvalue weighted by Gasteiger charge is -2.26. The van der Waals surface area contributed by atoms with Gasteiger partial charge in [-0.3, -0.25) is 14.8 Å². The Morgan fingerprint density at radius 3 is 1.68 bits per heavy atom. The van der Waals surface area contributed by atoms with Crippen molar-refractivity contribution in [3.8, 4) is 56.0 Å². The summed E-state index contributed by atoms with van der Waals surface area (Å²) in [7, 11) is 0. The number of rotatable bonds is 5. The summed E-state index contributed by atoms with van der Waals surface area (Å²) in [6, 6.07) is 60.1. The number of allylic oxidation sites excluding steroid dienone is 2. The Morgan fingerprint density at radius 1 is 0.521 bits per heavy atom. The minimum absolute atomic E-state index is 0.0526. The standard InChI is InChI=1S/C65H54N2O4/c1-42(68)70-59-36-37-69-64-49(38-47-24-10-14-28-53(47)62(64)60-51-26-12-8-22-45(51)32-34-55(60)43-18-4-2-5-19-43)40-66-57-30-16-17-31-58(57)67-41-50-39-48-25-11-15-29-54(48)63(65(50)71-59)61-52-27-13-9-23-46(52)33-35-56(61)44-20-6-3-7-21-44/h2-15,18-21,23-25,27-29,32-35,38-41,57-59H,16-17,22,26,30-31,36-37H2,1H3/t57-,58?,59?/m0/s1. The van der Waals surface area contributed by atoms with Crippen LogP contribution >= 0.6 is 0 Å². The number of nitrogens with zero attached hydrogens (tertiary/aromatic N) is 2. The Bertz CT molecular complexity index is 3580. The molecule has 348 valence electrons. The van der Waals surface area contributed by atoms with Crippen LogP contribution in [0.1, 0.15) is 61.3 Å². The first kappa shape index (κ1) is 44.1. The molecule has 6 heteroatoms. The van der Waals surface area contributed by atoms with Crippen molar-refractivity contribution < 1.29 is 19.0 Å². The number of esters is 1. The average Bonchev–Trinajstić information content (AvgIpc) is 3.42. The number of aliphatic imine (C=N–C) groups is 2. The van der Waals surface area contributed by atoms with Crippen LogP contribution in [0.4, 0.5) is 0 Å². The van der Waals surface area contributed by atoms with E-state index >= 15 is 0 Å². The Labute approximate surface area is 415 Å². The molecule has 0 saturated heterocycles. The fraction of sp³-hybridized carbons (Fsp3) is 0.185. The third-order valence-electron chi connectivity index (χ3n) is 14.5. The van der Waals surface area contributed by atoms with Crippen molar-refractivity contribution in [2.45, 2.75) is 70.2 Å². The first-order chi connectivity index (χ1) is 35.1. The first-order valence-electron chi connectivity index (χ1n) is 25.1. The molecule has 1 fully saturated rings. The van der Waals surface area contributed by atoms with Crippen molar-refractivity contribution in [3.63, 3.8) is 0 Å². The predicted molar refractivity (Wildman–Crippen MR) is 291 cm³/mol. The highest BCUT2D eigenvalue weighted by molar-refractivity contribution is 6.15. The van der Waals surface area contributed by atoms with E-state index in [4.69, 9.17) is 24.2 Å². The van der Waals surface area contributed by atoms with Crippen LogP contribution in [-0.2, 0) is 22.4 Å². The molecule has 9 aromatic rings. The maximum atomic E-state index is 13.3. The molecule has 0 aromatic heterocycles. The maximum absolute atomic E-state index is 13.3. The molecule has 3 atom stereocenters. The topological polar surface area (TPSA) is 69.5 Å². The number of benzene rings is 9.